The van der Waals surface area contributed by atoms with Crippen molar-refractivity contribution in [2.45, 2.75) is 11.1 Å². The fourth-order valence-electron chi connectivity index (χ4n) is 0.832. The average molecular weight is 190 g/mol. The second-order valence-electron chi connectivity index (χ2n) is 2.50. The van der Waals surface area contributed by atoms with Crippen LogP contribution >= 0.6 is 12.6 Å². The second-order valence-corrected chi connectivity index (χ2v) is 2.98. The standard InChI is InChI=1S/C7H6BF3S/c8-5-3-4(7(9,10)11)1-2-6(5)12/h1-3,12H,8H2. The van der Waals surface area contributed by atoms with Crippen LogP contribution in [0.2, 0.25) is 0 Å². The Kier molecular flexibility index (Phi) is 2.42. The average Bonchev–Trinajstić information content (AvgIpc) is 1.92. The molecule has 0 bridgehead atoms. The number of halogens is 3. The van der Waals surface area contributed by atoms with Gasteiger partial charge in [-0.2, -0.15) is 13.2 Å². The number of hydrogen-bond acceptors (Lipinski definition) is 1. The van der Waals surface area contributed by atoms with E-state index in [1.54, 1.807) is 7.85 Å². The van der Waals surface area contributed by atoms with Crippen molar-refractivity contribution in [3.8, 4) is 0 Å². The normalized spacial score (nSPS) is 11.7. The van der Waals surface area contributed by atoms with Crippen LogP contribution in [0, 0.1) is 0 Å². The molecule has 0 atom stereocenters. The minimum atomic E-state index is -4.26. The van der Waals surface area contributed by atoms with Gasteiger partial charge in [0.05, 0.1) is 5.56 Å². The third-order valence-corrected chi connectivity index (χ3v) is 2.03. The molecule has 0 heterocycles. The summed E-state index contributed by atoms with van der Waals surface area (Å²) in [5, 5.41) is 0. The quantitative estimate of drug-likeness (QED) is 0.462. The monoisotopic (exact) mass is 190 g/mol. The maximum Gasteiger partial charge on any atom is 0.416 e. The van der Waals surface area contributed by atoms with Gasteiger partial charge in [0.25, 0.3) is 0 Å². The van der Waals surface area contributed by atoms with Gasteiger partial charge in [-0.3, -0.25) is 0 Å². The zero-order valence-corrected chi connectivity index (χ0v) is 7.21. The Labute approximate surface area is 74.6 Å². The molecule has 1 aromatic rings. The van der Waals surface area contributed by atoms with Gasteiger partial charge in [-0.1, -0.05) is 11.5 Å². The third-order valence-electron chi connectivity index (χ3n) is 1.52. The van der Waals surface area contributed by atoms with E-state index < -0.39 is 11.7 Å². The molecule has 0 fully saturated rings. The van der Waals surface area contributed by atoms with Gasteiger partial charge >= 0.3 is 6.18 Å². The highest BCUT2D eigenvalue weighted by atomic mass is 32.1. The molecule has 5 heteroatoms. The first-order valence-corrected chi connectivity index (χ1v) is 3.73. The van der Waals surface area contributed by atoms with E-state index in [-0.39, 0.29) is 0 Å². The summed E-state index contributed by atoms with van der Waals surface area (Å²) in [6, 6.07) is 3.46. The molecule has 0 nitrogen and oxygen atoms in total. The van der Waals surface area contributed by atoms with E-state index in [4.69, 9.17) is 0 Å². The van der Waals surface area contributed by atoms with Gasteiger partial charge in [-0.25, -0.2) is 0 Å². The summed E-state index contributed by atoms with van der Waals surface area (Å²) in [5.74, 6) is 0. The van der Waals surface area contributed by atoms with Gasteiger partial charge in [0.2, 0.25) is 0 Å². The Morgan fingerprint density at radius 2 is 1.83 bits per heavy atom. The molecule has 12 heavy (non-hydrogen) atoms. The summed E-state index contributed by atoms with van der Waals surface area (Å²) in [6.45, 7) is 0. The van der Waals surface area contributed by atoms with Crippen LogP contribution in [0.4, 0.5) is 13.2 Å². The van der Waals surface area contributed by atoms with Crippen LogP contribution in [0.5, 0.6) is 0 Å². The Hall–Kier alpha value is -0.575. The first-order valence-electron chi connectivity index (χ1n) is 3.28. The van der Waals surface area contributed by atoms with Crippen LogP contribution < -0.4 is 5.46 Å². The molecule has 0 saturated carbocycles. The smallest absolute Gasteiger partial charge is 0.166 e. The van der Waals surface area contributed by atoms with Crippen molar-refractivity contribution < 1.29 is 13.2 Å². The van der Waals surface area contributed by atoms with E-state index in [9.17, 15) is 13.2 Å². The number of hydrogen-bond donors (Lipinski definition) is 1. The van der Waals surface area contributed by atoms with Gasteiger partial charge in [0, 0.05) is 0 Å². The first-order chi connectivity index (χ1) is 5.41. The molecule has 0 unspecified atom stereocenters. The van der Waals surface area contributed by atoms with Gasteiger partial charge in [0.1, 0.15) is 7.85 Å². The van der Waals surface area contributed by atoms with Crippen molar-refractivity contribution >= 4 is 25.9 Å². The summed E-state index contributed by atoms with van der Waals surface area (Å²) in [5.41, 5.74) is -0.0917. The molecule has 1 aromatic carbocycles. The predicted octanol–water partition coefficient (Wildman–Crippen LogP) is 1.25. The molecular formula is C7H6BF3S. The Balaban J connectivity index is 3.14. The number of alkyl halides is 3. The van der Waals surface area contributed by atoms with Gasteiger partial charge < -0.3 is 0 Å². The van der Waals surface area contributed by atoms with Crippen molar-refractivity contribution in [3.05, 3.63) is 23.8 Å². The molecule has 0 saturated heterocycles. The lowest BCUT2D eigenvalue weighted by molar-refractivity contribution is -0.137. The molecule has 1 rings (SSSR count). The van der Waals surface area contributed by atoms with E-state index >= 15 is 0 Å². The summed E-state index contributed by atoms with van der Waals surface area (Å²) in [4.78, 5) is 0.572. The highest BCUT2D eigenvalue weighted by Crippen LogP contribution is 2.28. The van der Waals surface area contributed by atoms with E-state index in [0.717, 1.165) is 12.1 Å². The lowest BCUT2D eigenvalue weighted by atomic mass is 9.94. The maximum absolute atomic E-state index is 12.1. The van der Waals surface area contributed by atoms with E-state index in [1.165, 1.54) is 6.07 Å². The molecule has 0 aromatic heterocycles. The third kappa shape index (κ3) is 1.97. The van der Waals surface area contributed by atoms with E-state index in [1.807, 2.05) is 0 Å². The molecular weight excluding hydrogens is 184 g/mol. The molecule has 0 aliphatic heterocycles. The van der Waals surface area contributed by atoms with E-state index in [0.29, 0.717) is 10.4 Å². The van der Waals surface area contributed by atoms with Crippen LogP contribution in [-0.2, 0) is 6.18 Å². The number of benzene rings is 1. The van der Waals surface area contributed by atoms with Crippen LogP contribution in [-0.4, -0.2) is 7.85 Å². The molecule has 0 radical (unpaired) electrons. The zero-order chi connectivity index (χ0) is 9.35. The predicted molar refractivity (Wildman–Crippen MR) is 46.9 cm³/mol. The lowest BCUT2D eigenvalue weighted by Crippen LogP contribution is -2.12. The molecule has 0 amide bonds. The van der Waals surface area contributed by atoms with Crippen molar-refractivity contribution in [1.82, 2.24) is 0 Å². The minimum Gasteiger partial charge on any atom is -0.166 e. The van der Waals surface area contributed by atoms with Crippen molar-refractivity contribution in [1.29, 1.82) is 0 Å². The fourth-order valence-corrected chi connectivity index (χ4v) is 0.971. The first kappa shape index (κ1) is 9.51. The zero-order valence-electron chi connectivity index (χ0n) is 6.31. The Bertz CT molecular complexity index is 295. The maximum atomic E-state index is 12.1. The SMILES string of the molecule is Bc1cc(C(F)(F)F)ccc1S. The minimum absolute atomic E-state index is 0.535. The Morgan fingerprint density at radius 3 is 2.25 bits per heavy atom. The van der Waals surface area contributed by atoms with Gasteiger partial charge in [-0.15, -0.1) is 12.6 Å². The summed E-state index contributed by atoms with van der Waals surface area (Å²) < 4.78 is 36.2. The topological polar surface area (TPSA) is 0 Å². The largest absolute Gasteiger partial charge is 0.416 e. The molecule has 0 N–H and O–H groups in total. The van der Waals surface area contributed by atoms with Crippen molar-refractivity contribution in [2.24, 2.45) is 0 Å². The summed E-state index contributed by atoms with van der Waals surface area (Å²) in [7, 11) is 1.59. The van der Waals surface area contributed by atoms with Crippen LogP contribution in [0.15, 0.2) is 23.1 Å². The molecule has 0 aliphatic carbocycles. The molecule has 64 valence electrons. The number of rotatable bonds is 0. The van der Waals surface area contributed by atoms with Crippen LogP contribution in [0.1, 0.15) is 5.56 Å². The summed E-state index contributed by atoms with van der Waals surface area (Å²) in [6.07, 6.45) is -4.26. The second kappa shape index (κ2) is 3.05. The lowest BCUT2D eigenvalue weighted by Gasteiger charge is -2.07. The molecule has 0 spiro atoms. The Morgan fingerprint density at radius 1 is 1.25 bits per heavy atom. The van der Waals surface area contributed by atoms with Crippen molar-refractivity contribution in [3.63, 3.8) is 0 Å². The summed E-state index contributed by atoms with van der Waals surface area (Å²) >= 11 is 3.97. The van der Waals surface area contributed by atoms with Crippen LogP contribution in [0.25, 0.3) is 0 Å². The van der Waals surface area contributed by atoms with Crippen molar-refractivity contribution in [2.75, 3.05) is 0 Å². The van der Waals surface area contributed by atoms with Crippen LogP contribution in [0.3, 0.4) is 0 Å². The highest BCUT2D eigenvalue weighted by Gasteiger charge is 2.30. The number of thiol groups is 1. The fraction of sp³-hybridized carbons (Fsp3) is 0.143. The van der Waals surface area contributed by atoms with Gasteiger partial charge in [-0.05, 0) is 17.0 Å². The van der Waals surface area contributed by atoms with E-state index in [2.05, 4.69) is 12.6 Å². The van der Waals surface area contributed by atoms with Gasteiger partial charge in [0.15, 0.2) is 0 Å². The highest BCUT2D eigenvalue weighted by molar-refractivity contribution is 7.80. The molecule has 0 aliphatic rings.